The zero-order chi connectivity index (χ0) is 16.6. The van der Waals surface area contributed by atoms with Crippen molar-refractivity contribution in [3.63, 3.8) is 0 Å². The Labute approximate surface area is 143 Å². The van der Waals surface area contributed by atoms with E-state index in [-0.39, 0.29) is 24.0 Å². The lowest BCUT2D eigenvalue weighted by Gasteiger charge is -2.09. The van der Waals surface area contributed by atoms with Gasteiger partial charge in [-0.25, -0.2) is 0 Å². The largest absolute Gasteiger partial charge is 0.416 e. The number of nitrogens with one attached hydrogen (secondary N) is 1. The first-order valence-electron chi connectivity index (χ1n) is 7.19. The Hall–Kier alpha value is -2.05. The summed E-state index contributed by atoms with van der Waals surface area (Å²) in [5.41, 5.74) is 6.54. The van der Waals surface area contributed by atoms with Crippen molar-refractivity contribution in [2.75, 3.05) is 5.32 Å². The van der Waals surface area contributed by atoms with Gasteiger partial charge < -0.3 is 11.1 Å². The highest BCUT2D eigenvalue weighted by Crippen LogP contribution is 2.39. The summed E-state index contributed by atoms with van der Waals surface area (Å²) >= 11 is 0. The molecular formula is C17H16ClF3N2O. The van der Waals surface area contributed by atoms with Crippen molar-refractivity contribution < 1.29 is 18.0 Å². The van der Waals surface area contributed by atoms with Crippen LogP contribution in [0.15, 0.2) is 48.5 Å². The summed E-state index contributed by atoms with van der Waals surface area (Å²) in [6.07, 6.45) is -3.52. The fourth-order valence-corrected chi connectivity index (χ4v) is 2.45. The lowest BCUT2D eigenvalue weighted by atomic mass is 10.1. The van der Waals surface area contributed by atoms with Gasteiger partial charge >= 0.3 is 6.18 Å². The third-order valence-corrected chi connectivity index (χ3v) is 3.89. The van der Waals surface area contributed by atoms with Gasteiger partial charge in [0.05, 0.1) is 5.56 Å². The van der Waals surface area contributed by atoms with E-state index in [1.165, 1.54) is 12.1 Å². The summed E-state index contributed by atoms with van der Waals surface area (Å²) in [4.78, 5) is 12.1. The van der Waals surface area contributed by atoms with Crippen LogP contribution in [-0.4, -0.2) is 11.9 Å². The second-order valence-corrected chi connectivity index (χ2v) is 5.66. The Morgan fingerprint density at radius 3 is 2.29 bits per heavy atom. The van der Waals surface area contributed by atoms with Gasteiger partial charge in [0.25, 0.3) is 5.91 Å². The molecule has 2 unspecified atom stereocenters. The standard InChI is InChI=1S/C17H15F3N2O.ClH/c18-17(19,20)12-3-1-2-11(8-12)16(23)22-13-6-4-10(5-7-13)14-9-15(14)21;/h1-8,14-15H,9,21H2,(H,22,23);1H. The Kier molecular flexibility index (Phi) is 5.20. The lowest BCUT2D eigenvalue weighted by Crippen LogP contribution is -2.14. The molecule has 1 aliphatic carbocycles. The fourth-order valence-electron chi connectivity index (χ4n) is 2.45. The number of carbonyl (C=O) groups excluding carboxylic acids is 1. The molecule has 3 nitrogen and oxygen atoms in total. The molecule has 1 fully saturated rings. The van der Waals surface area contributed by atoms with Gasteiger partial charge in [0.2, 0.25) is 0 Å². The summed E-state index contributed by atoms with van der Waals surface area (Å²) in [7, 11) is 0. The van der Waals surface area contributed by atoms with Crippen LogP contribution in [0.1, 0.15) is 33.8 Å². The van der Waals surface area contributed by atoms with Crippen LogP contribution in [0.25, 0.3) is 0 Å². The van der Waals surface area contributed by atoms with Crippen molar-refractivity contribution in [3.05, 3.63) is 65.2 Å². The van der Waals surface area contributed by atoms with E-state index in [4.69, 9.17) is 5.73 Å². The molecule has 0 aliphatic heterocycles. The predicted octanol–water partition coefficient (Wildman–Crippen LogP) is 4.19. The van der Waals surface area contributed by atoms with Crippen LogP contribution in [0.3, 0.4) is 0 Å². The van der Waals surface area contributed by atoms with Gasteiger partial charge in [-0.05, 0) is 42.3 Å². The molecule has 0 spiro atoms. The van der Waals surface area contributed by atoms with Gasteiger partial charge in [-0.15, -0.1) is 12.4 Å². The second kappa shape index (κ2) is 6.83. The van der Waals surface area contributed by atoms with Crippen molar-refractivity contribution in [2.45, 2.75) is 24.6 Å². The highest BCUT2D eigenvalue weighted by Gasteiger charge is 2.34. The molecule has 0 radical (unpaired) electrons. The number of amides is 1. The van der Waals surface area contributed by atoms with E-state index in [1.54, 1.807) is 12.1 Å². The molecule has 1 saturated carbocycles. The van der Waals surface area contributed by atoms with Crippen LogP contribution in [0.5, 0.6) is 0 Å². The van der Waals surface area contributed by atoms with E-state index < -0.39 is 17.6 Å². The topological polar surface area (TPSA) is 55.1 Å². The summed E-state index contributed by atoms with van der Waals surface area (Å²) < 4.78 is 38.0. The van der Waals surface area contributed by atoms with Crippen molar-refractivity contribution in [1.29, 1.82) is 0 Å². The molecule has 3 N–H and O–H groups in total. The summed E-state index contributed by atoms with van der Waals surface area (Å²) in [6.45, 7) is 0. The van der Waals surface area contributed by atoms with Crippen LogP contribution in [-0.2, 0) is 6.18 Å². The zero-order valence-corrected chi connectivity index (χ0v) is 13.3. The predicted molar refractivity (Wildman–Crippen MR) is 88.4 cm³/mol. The second-order valence-electron chi connectivity index (χ2n) is 5.66. The Morgan fingerprint density at radius 1 is 1.12 bits per heavy atom. The number of anilines is 1. The molecule has 1 aliphatic rings. The molecule has 24 heavy (non-hydrogen) atoms. The third-order valence-electron chi connectivity index (χ3n) is 3.89. The van der Waals surface area contributed by atoms with Crippen molar-refractivity contribution in [1.82, 2.24) is 0 Å². The van der Waals surface area contributed by atoms with E-state index >= 15 is 0 Å². The molecule has 3 rings (SSSR count). The summed E-state index contributed by atoms with van der Waals surface area (Å²) in [5.74, 6) is -0.213. The quantitative estimate of drug-likeness (QED) is 0.866. The smallest absolute Gasteiger partial charge is 0.327 e. The number of carbonyl (C=O) groups is 1. The normalized spacial score (nSPS) is 19.3. The van der Waals surface area contributed by atoms with Gasteiger partial charge in [-0.3, -0.25) is 4.79 Å². The molecule has 7 heteroatoms. The van der Waals surface area contributed by atoms with Gasteiger partial charge in [0, 0.05) is 23.2 Å². The number of nitrogens with two attached hydrogens (primary N) is 1. The number of benzene rings is 2. The molecule has 0 saturated heterocycles. The molecular weight excluding hydrogens is 341 g/mol. The zero-order valence-electron chi connectivity index (χ0n) is 12.5. The highest BCUT2D eigenvalue weighted by atomic mass is 35.5. The van der Waals surface area contributed by atoms with Crippen LogP contribution in [0.4, 0.5) is 18.9 Å². The molecule has 0 heterocycles. The monoisotopic (exact) mass is 356 g/mol. The third kappa shape index (κ3) is 4.07. The Balaban J connectivity index is 0.00000208. The molecule has 2 aromatic carbocycles. The average molecular weight is 357 g/mol. The molecule has 128 valence electrons. The molecule has 1 amide bonds. The first-order valence-corrected chi connectivity index (χ1v) is 7.19. The Morgan fingerprint density at radius 2 is 1.75 bits per heavy atom. The van der Waals surface area contributed by atoms with Crippen molar-refractivity contribution in [3.8, 4) is 0 Å². The maximum Gasteiger partial charge on any atom is 0.416 e. The maximum absolute atomic E-state index is 12.7. The van der Waals surface area contributed by atoms with E-state index in [0.717, 1.165) is 24.1 Å². The van der Waals surface area contributed by atoms with E-state index in [9.17, 15) is 18.0 Å². The van der Waals surface area contributed by atoms with Crippen molar-refractivity contribution in [2.24, 2.45) is 5.73 Å². The SMILES string of the molecule is Cl.NC1CC1c1ccc(NC(=O)c2cccc(C(F)(F)F)c2)cc1. The van der Waals surface area contributed by atoms with Gasteiger partial charge in [-0.1, -0.05) is 18.2 Å². The minimum absolute atomic E-state index is 0. The van der Waals surface area contributed by atoms with Gasteiger partial charge in [0.1, 0.15) is 0 Å². The van der Waals surface area contributed by atoms with Crippen LogP contribution < -0.4 is 11.1 Å². The van der Waals surface area contributed by atoms with Crippen LogP contribution in [0.2, 0.25) is 0 Å². The summed E-state index contributed by atoms with van der Waals surface area (Å²) in [6, 6.07) is 11.7. The van der Waals surface area contributed by atoms with Gasteiger partial charge in [-0.2, -0.15) is 13.2 Å². The maximum atomic E-state index is 12.7. The number of hydrogen-bond acceptors (Lipinski definition) is 2. The minimum atomic E-state index is -4.47. The first kappa shape index (κ1) is 18.3. The molecule has 2 atom stereocenters. The van der Waals surface area contributed by atoms with E-state index in [0.29, 0.717) is 11.6 Å². The van der Waals surface area contributed by atoms with Crippen LogP contribution in [0, 0.1) is 0 Å². The minimum Gasteiger partial charge on any atom is -0.327 e. The number of halogens is 4. The number of alkyl halides is 3. The van der Waals surface area contributed by atoms with Crippen molar-refractivity contribution >= 4 is 24.0 Å². The average Bonchev–Trinajstić information content (AvgIpc) is 3.24. The lowest BCUT2D eigenvalue weighted by molar-refractivity contribution is -0.137. The Bertz CT molecular complexity index is 731. The molecule has 2 aromatic rings. The molecule has 0 bridgehead atoms. The molecule has 0 aromatic heterocycles. The van der Waals surface area contributed by atoms with Crippen LogP contribution >= 0.6 is 12.4 Å². The number of hydrogen-bond donors (Lipinski definition) is 2. The van der Waals surface area contributed by atoms with E-state index in [2.05, 4.69) is 5.32 Å². The summed E-state index contributed by atoms with van der Waals surface area (Å²) in [5, 5.41) is 2.60. The first-order chi connectivity index (χ1) is 10.8. The van der Waals surface area contributed by atoms with E-state index in [1.807, 2.05) is 12.1 Å². The number of rotatable bonds is 3. The van der Waals surface area contributed by atoms with Gasteiger partial charge in [0.15, 0.2) is 0 Å². The highest BCUT2D eigenvalue weighted by molar-refractivity contribution is 6.04. The fraction of sp³-hybridized carbons (Fsp3) is 0.235.